The molecule has 0 saturated carbocycles. The number of hydrogen-bond donors (Lipinski definition) is 1. The molecule has 0 atom stereocenters. The minimum Gasteiger partial charge on any atom is -0.381 e. The van der Waals surface area contributed by atoms with Crippen LogP contribution in [0.1, 0.15) is 11.1 Å². The molecule has 2 N–H and O–H groups in total. The van der Waals surface area contributed by atoms with Crippen LogP contribution >= 0.6 is 11.6 Å². The van der Waals surface area contributed by atoms with Crippen molar-refractivity contribution < 1.29 is 4.39 Å². The van der Waals surface area contributed by atoms with Gasteiger partial charge in [0.2, 0.25) is 0 Å². The lowest BCUT2D eigenvalue weighted by Gasteiger charge is -2.02. The standard InChI is InChI=1S/C11H8ClFN4/c12-9-6-17(16-11(9)15)5-7-1-2-10(13)8(3-7)4-14/h1-3,6H,5H2,(H2,15,16). The number of aromatic nitrogens is 2. The molecule has 0 saturated heterocycles. The summed E-state index contributed by atoms with van der Waals surface area (Å²) in [6, 6.07) is 6.09. The summed E-state index contributed by atoms with van der Waals surface area (Å²) in [6.45, 7) is 0.381. The molecule has 0 aliphatic carbocycles. The number of halogens is 2. The molecule has 2 aromatic rings. The maximum absolute atomic E-state index is 13.1. The number of nitrogens with two attached hydrogens (primary N) is 1. The summed E-state index contributed by atoms with van der Waals surface area (Å²) >= 11 is 5.76. The van der Waals surface area contributed by atoms with Crippen molar-refractivity contribution in [2.75, 3.05) is 5.73 Å². The van der Waals surface area contributed by atoms with Crippen LogP contribution in [0.3, 0.4) is 0 Å². The third kappa shape index (κ3) is 2.37. The van der Waals surface area contributed by atoms with Gasteiger partial charge in [0.15, 0.2) is 5.82 Å². The highest BCUT2D eigenvalue weighted by Crippen LogP contribution is 2.17. The van der Waals surface area contributed by atoms with Gasteiger partial charge in [-0.15, -0.1) is 0 Å². The highest BCUT2D eigenvalue weighted by atomic mass is 35.5. The van der Waals surface area contributed by atoms with Crippen LogP contribution in [0.15, 0.2) is 24.4 Å². The second-order valence-corrected chi connectivity index (χ2v) is 3.89. The largest absolute Gasteiger partial charge is 0.381 e. The predicted octanol–water partition coefficient (Wildman–Crippen LogP) is 2.18. The quantitative estimate of drug-likeness (QED) is 0.888. The van der Waals surface area contributed by atoms with Gasteiger partial charge >= 0.3 is 0 Å². The molecule has 1 heterocycles. The van der Waals surface area contributed by atoms with Crippen LogP contribution in [0.5, 0.6) is 0 Å². The molecular formula is C11H8ClFN4. The third-order valence-electron chi connectivity index (χ3n) is 2.24. The third-order valence-corrected chi connectivity index (χ3v) is 2.53. The van der Waals surface area contributed by atoms with Gasteiger partial charge in [-0.2, -0.15) is 10.4 Å². The van der Waals surface area contributed by atoms with Crippen molar-refractivity contribution in [3.63, 3.8) is 0 Å². The molecule has 0 aliphatic heterocycles. The van der Waals surface area contributed by atoms with E-state index in [4.69, 9.17) is 22.6 Å². The number of rotatable bonds is 2. The zero-order chi connectivity index (χ0) is 12.4. The summed E-state index contributed by atoms with van der Waals surface area (Å²) in [6.07, 6.45) is 1.58. The Hall–Kier alpha value is -2.06. The van der Waals surface area contributed by atoms with E-state index in [1.54, 1.807) is 18.3 Å². The Balaban J connectivity index is 2.28. The summed E-state index contributed by atoms with van der Waals surface area (Å²) in [4.78, 5) is 0. The van der Waals surface area contributed by atoms with Gasteiger partial charge in [0.25, 0.3) is 0 Å². The van der Waals surface area contributed by atoms with Crippen LogP contribution in [-0.2, 0) is 6.54 Å². The van der Waals surface area contributed by atoms with Gasteiger partial charge in [0, 0.05) is 6.20 Å². The van der Waals surface area contributed by atoms with Crippen molar-refractivity contribution in [2.24, 2.45) is 0 Å². The Morgan fingerprint density at radius 3 is 2.88 bits per heavy atom. The van der Waals surface area contributed by atoms with Gasteiger partial charge in [0.05, 0.1) is 12.1 Å². The van der Waals surface area contributed by atoms with Gasteiger partial charge in [-0.3, -0.25) is 4.68 Å². The van der Waals surface area contributed by atoms with Crippen LogP contribution in [-0.4, -0.2) is 9.78 Å². The zero-order valence-electron chi connectivity index (χ0n) is 8.69. The van der Waals surface area contributed by atoms with Crippen molar-refractivity contribution in [1.29, 1.82) is 5.26 Å². The Kier molecular flexibility index (Phi) is 2.98. The fourth-order valence-electron chi connectivity index (χ4n) is 1.44. The molecule has 0 bridgehead atoms. The highest BCUT2D eigenvalue weighted by Gasteiger charge is 2.06. The van der Waals surface area contributed by atoms with Gasteiger partial charge < -0.3 is 5.73 Å². The van der Waals surface area contributed by atoms with Crippen molar-refractivity contribution in [3.05, 3.63) is 46.4 Å². The van der Waals surface area contributed by atoms with E-state index in [1.807, 2.05) is 0 Å². The van der Waals surface area contributed by atoms with Crippen LogP contribution < -0.4 is 5.73 Å². The van der Waals surface area contributed by atoms with E-state index >= 15 is 0 Å². The monoisotopic (exact) mass is 250 g/mol. The normalized spacial score (nSPS) is 10.2. The molecule has 0 aliphatic rings. The lowest BCUT2D eigenvalue weighted by Crippen LogP contribution is -2.02. The van der Waals surface area contributed by atoms with Gasteiger partial charge in [0.1, 0.15) is 16.9 Å². The molecule has 2 rings (SSSR count). The summed E-state index contributed by atoms with van der Waals surface area (Å²) < 4.78 is 14.6. The minimum atomic E-state index is -0.533. The lowest BCUT2D eigenvalue weighted by molar-refractivity contribution is 0.620. The maximum Gasteiger partial charge on any atom is 0.164 e. The summed E-state index contributed by atoms with van der Waals surface area (Å²) in [7, 11) is 0. The average Bonchev–Trinajstić information content (AvgIpc) is 2.61. The number of nitrogens with zero attached hydrogens (tertiary/aromatic N) is 3. The van der Waals surface area contributed by atoms with Gasteiger partial charge in [-0.1, -0.05) is 17.7 Å². The Bertz CT molecular complexity index is 581. The zero-order valence-corrected chi connectivity index (χ0v) is 9.45. The van der Waals surface area contributed by atoms with Crippen molar-refractivity contribution in [3.8, 4) is 6.07 Å². The van der Waals surface area contributed by atoms with E-state index < -0.39 is 5.82 Å². The molecule has 0 amide bonds. The van der Waals surface area contributed by atoms with Crippen molar-refractivity contribution in [2.45, 2.75) is 6.54 Å². The van der Waals surface area contributed by atoms with E-state index in [9.17, 15) is 4.39 Å². The number of benzene rings is 1. The predicted molar refractivity (Wildman–Crippen MR) is 61.9 cm³/mol. The smallest absolute Gasteiger partial charge is 0.164 e. The molecular weight excluding hydrogens is 243 g/mol. The highest BCUT2D eigenvalue weighted by molar-refractivity contribution is 6.32. The van der Waals surface area contributed by atoms with E-state index in [2.05, 4.69) is 5.10 Å². The molecule has 6 heteroatoms. The number of hydrogen-bond acceptors (Lipinski definition) is 3. The lowest BCUT2D eigenvalue weighted by atomic mass is 10.1. The first-order valence-corrected chi connectivity index (χ1v) is 5.15. The number of nitriles is 1. The van der Waals surface area contributed by atoms with Crippen molar-refractivity contribution in [1.82, 2.24) is 9.78 Å². The Morgan fingerprint density at radius 2 is 2.29 bits per heavy atom. The summed E-state index contributed by atoms with van der Waals surface area (Å²) in [5, 5.41) is 13.0. The molecule has 1 aromatic carbocycles. The van der Waals surface area contributed by atoms with Gasteiger partial charge in [-0.05, 0) is 17.7 Å². The van der Waals surface area contributed by atoms with Crippen LogP contribution in [0.25, 0.3) is 0 Å². The van der Waals surface area contributed by atoms with E-state index in [1.165, 1.54) is 16.8 Å². The molecule has 1 aromatic heterocycles. The molecule has 86 valence electrons. The minimum absolute atomic E-state index is 0.00808. The van der Waals surface area contributed by atoms with Crippen LogP contribution in [0.4, 0.5) is 10.2 Å². The van der Waals surface area contributed by atoms with E-state index in [0.29, 0.717) is 11.6 Å². The molecule has 0 spiro atoms. The van der Waals surface area contributed by atoms with Gasteiger partial charge in [-0.25, -0.2) is 4.39 Å². The molecule has 4 nitrogen and oxygen atoms in total. The van der Waals surface area contributed by atoms with E-state index in [0.717, 1.165) is 5.56 Å². The Labute approximate surface area is 102 Å². The van der Waals surface area contributed by atoms with Crippen LogP contribution in [0, 0.1) is 17.1 Å². The summed E-state index contributed by atoms with van der Waals surface area (Å²) in [5.74, 6) is -0.288. The topological polar surface area (TPSA) is 67.6 Å². The summed E-state index contributed by atoms with van der Waals surface area (Å²) in [5.41, 5.74) is 6.26. The molecule has 0 radical (unpaired) electrons. The SMILES string of the molecule is N#Cc1cc(Cn2cc(Cl)c(N)n2)ccc1F. The average molecular weight is 251 g/mol. The molecule has 17 heavy (non-hydrogen) atoms. The second kappa shape index (κ2) is 4.44. The Morgan fingerprint density at radius 1 is 1.53 bits per heavy atom. The van der Waals surface area contributed by atoms with Crippen LogP contribution in [0.2, 0.25) is 5.02 Å². The first kappa shape index (κ1) is 11.4. The molecule has 0 unspecified atom stereocenters. The first-order valence-electron chi connectivity index (χ1n) is 4.77. The second-order valence-electron chi connectivity index (χ2n) is 3.49. The number of anilines is 1. The number of nitrogen functional groups attached to an aromatic ring is 1. The molecule has 0 fully saturated rings. The first-order chi connectivity index (χ1) is 8.10. The maximum atomic E-state index is 13.1. The van der Waals surface area contributed by atoms with Crippen molar-refractivity contribution >= 4 is 17.4 Å². The fraction of sp³-hybridized carbons (Fsp3) is 0.0909. The fourth-order valence-corrected chi connectivity index (χ4v) is 1.59. The van der Waals surface area contributed by atoms with E-state index in [-0.39, 0.29) is 11.4 Å².